The number of primary amides is 1. The number of amides is 2. The Morgan fingerprint density at radius 2 is 2.10 bits per heavy atom. The summed E-state index contributed by atoms with van der Waals surface area (Å²) < 4.78 is 5.93. The SMILES string of the molecule is C/C(Cn1c(=O)oc2ccccc2c1=O)=N\NC(N)=O. The molecule has 3 N–H and O–H groups in total. The number of carbonyl (C=O) groups excluding carboxylic acids is 1. The molecule has 0 aliphatic carbocycles. The maximum absolute atomic E-state index is 12.2. The largest absolute Gasteiger partial charge is 0.422 e. The lowest BCUT2D eigenvalue weighted by atomic mass is 10.2. The molecule has 8 heteroatoms. The number of carbonyl (C=O) groups is 1. The minimum Gasteiger partial charge on any atom is -0.409 e. The number of nitrogens with zero attached hydrogens (tertiary/aromatic N) is 2. The van der Waals surface area contributed by atoms with Crippen LogP contribution in [0.5, 0.6) is 0 Å². The summed E-state index contributed by atoms with van der Waals surface area (Å²) in [6.45, 7) is 1.43. The zero-order valence-electron chi connectivity index (χ0n) is 10.6. The van der Waals surface area contributed by atoms with E-state index in [4.69, 9.17) is 10.2 Å². The molecule has 0 bridgehead atoms. The Hall–Kier alpha value is -2.90. The van der Waals surface area contributed by atoms with Crippen LogP contribution < -0.4 is 22.5 Å². The lowest BCUT2D eigenvalue weighted by Gasteiger charge is -2.04. The number of hydrazone groups is 1. The van der Waals surface area contributed by atoms with Crippen molar-refractivity contribution in [1.29, 1.82) is 0 Å². The van der Waals surface area contributed by atoms with E-state index >= 15 is 0 Å². The average molecular weight is 276 g/mol. The molecule has 0 fully saturated rings. The normalized spacial score (nSPS) is 11.6. The van der Waals surface area contributed by atoms with E-state index in [2.05, 4.69) is 5.10 Å². The van der Waals surface area contributed by atoms with E-state index in [-0.39, 0.29) is 12.1 Å². The van der Waals surface area contributed by atoms with Crippen molar-refractivity contribution in [2.24, 2.45) is 10.8 Å². The highest BCUT2D eigenvalue weighted by Crippen LogP contribution is 2.05. The molecule has 1 aromatic carbocycles. The number of aromatic nitrogens is 1. The third-order valence-electron chi connectivity index (χ3n) is 2.52. The molecule has 0 aliphatic heterocycles. The van der Waals surface area contributed by atoms with Crippen molar-refractivity contribution >= 4 is 22.7 Å². The highest BCUT2D eigenvalue weighted by molar-refractivity contribution is 5.83. The molecule has 2 aromatic rings. The van der Waals surface area contributed by atoms with E-state index < -0.39 is 17.3 Å². The molecule has 1 aromatic heterocycles. The zero-order chi connectivity index (χ0) is 14.7. The van der Waals surface area contributed by atoms with Gasteiger partial charge in [-0.3, -0.25) is 4.79 Å². The number of urea groups is 1. The summed E-state index contributed by atoms with van der Waals surface area (Å²) >= 11 is 0. The van der Waals surface area contributed by atoms with E-state index in [9.17, 15) is 14.4 Å². The lowest BCUT2D eigenvalue weighted by molar-refractivity contribution is 0.249. The Kier molecular flexibility index (Phi) is 3.65. The van der Waals surface area contributed by atoms with Gasteiger partial charge in [0.05, 0.1) is 17.6 Å². The fourth-order valence-electron chi connectivity index (χ4n) is 1.66. The van der Waals surface area contributed by atoms with Gasteiger partial charge in [0.25, 0.3) is 5.56 Å². The number of hydrogen-bond donors (Lipinski definition) is 2. The Balaban J connectivity index is 2.45. The summed E-state index contributed by atoms with van der Waals surface area (Å²) in [6.07, 6.45) is 0. The van der Waals surface area contributed by atoms with Gasteiger partial charge in [-0.15, -0.1) is 0 Å². The van der Waals surface area contributed by atoms with E-state index in [1.54, 1.807) is 18.2 Å². The van der Waals surface area contributed by atoms with Crippen molar-refractivity contribution in [3.05, 3.63) is 45.2 Å². The van der Waals surface area contributed by atoms with Crippen LogP contribution >= 0.6 is 0 Å². The number of nitrogens with one attached hydrogen (secondary N) is 1. The molecule has 0 radical (unpaired) electrons. The predicted octanol–water partition coefficient (Wildman–Crippen LogP) is -0.00110. The molecule has 20 heavy (non-hydrogen) atoms. The summed E-state index contributed by atoms with van der Waals surface area (Å²) in [5.74, 6) is -0.790. The van der Waals surface area contributed by atoms with Gasteiger partial charge in [-0.05, 0) is 19.1 Å². The quantitative estimate of drug-likeness (QED) is 0.605. The Labute approximate surface area is 112 Å². The monoisotopic (exact) mass is 276 g/mol. The minimum absolute atomic E-state index is 0.105. The van der Waals surface area contributed by atoms with Gasteiger partial charge < -0.3 is 10.2 Å². The maximum atomic E-state index is 12.2. The van der Waals surface area contributed by atoms with E-state index in [0.29, 0.717) is 11.1 Å². The van der Waals surface area contributed by atoms with E-state index in [0.717, 1.165) is 4.57 Å². The van der Waals surface area contributed by atoms with Crippen LogP contribution in [0, 0.1) is 0 Å². The number of hydrogen-bond acceptors (Lipinski definition) is 5. The van der Waals surface area contributed by atoms with E-state index in [1.165, 1.54) is 13.0 Å². The van der Waals surface area contributed by atoms with Gasteiger partial charge >= 0.3 is 11.8 Å². The maximum Gasteiger partial charge on any atom is 0.422 e. The summed E-state index contributed by atoms with van der Waals surface area (Å²) in [5, 5.41) is 3.93. The van der Waals surface area contributed by atoms with Crippen molar-refractivity contribution in [2.75, 3.05) is 0 Å². The van der Waals surface area contributed by atoms with Crippen LogP contribution in [0.15, 0.2) is 43.4 Å². The minimum atomic E-state index is -0.831. The van der Waals surface area contributed by atoms with Crippen LogP contribution in [0.4, 0.5) is 4.79 Å². The van der Waals surface area contributed by atoms with Gasteiger partial charge in [-0.25, -0.2) is 19.6 Å². The van der Waals surface area contributed by atoms with Crippen LogP contribution in [0.2, 0.25) is 0 Å². The Bertz CT molecular complexity index is 803. The molecule has 0 saturated heterocycles. The van der Waals surface area contributed by atoms with Gasteiger partial charge in [-0.1, -0.05) is 12.1 Å². The molecule has 0 unspecified atom stereocenters. The Morgan fingerprint density at radius 3 is 2.80 bits per heavy atom. The van der Waals surface area contributed by atoms with Crippen molar-refractivity contribution in [3.8, 4) is 0 Å². The first kappa shape index (κ1) is 13.5. The third-order valence-corrected chi connectivity index (χ3v) is 2.52. The number of fused-ring (bicyclic) bond motifs is 1. The Morgan fingerprint density at radius 1 is 1.40 bits per heavy atom. The molecule has 2 rings (SSSR count). The number of nitrogens with two attached hydrogens (primary N) is 1. The molecular formula is C12H12N4O4. The van der Waals surface area contributed by atoms with Crippen molar-refractivity contribution in [2.45, 2.75) is 13.5 Å². The van der Waals surface area contributed by atoms with Crippen LogP contribution in [0.1, 0.15) is 6.92 Å². The van der Waals surface area contributed by atoms with Gasteiger partial charge in [0.2, 0.25) is 0 Å². The van der Waals surface area contributed by atoms with Crippen molar-refractivity contribution < 1.29 is 9.21 Å². The van der Waals surface area contributed by atoms with Crippen LogP contribution in [-0.2, 0) is 6.54 Å². The first-order valence-electron chi connectivity index (χ1n) is 5.70. The summed E-state index contributed by atoms with van der Waals surface area (Å²) in [5.41, 5.74) is 6.95. The number of para-hydroxylation sites is 1. The van der Waals surface area contributed by atoms with Gasteiger partial charge in [0.15, 0.2) is 0 Å². The fraction of sp³-hybridized carbons (Fsp3) is 0.167. The van der Waals surface area contributed by atoms with E-state index in [1.807, 2.05) is 5.43 Å². The van der Waals surface area contributed by atoms with Crippen molar-refractivity contribution in [1.82, 2.24) is 9.99 Å². The van der Waals surface area contributed by atoms with Gasteiger partial charge in [0, 0.05) is 0 Å². The number of rotatable bonds is 3. The molecule has 2 amide bonds. The zero-order valence-corrected chi connectivity index (χ0v) is 10.6. The second kappa shape index (κ2) is 5.39. The molecule has 0 saturated carbocycles. The molecular weight excluding hydrogens is 264 g/mol. The van der Waals surface area contributed by atoms with Crippen LogP contribution in [-0.4, -0.2) is 16.3 Å². The smallest absolute Gasteiger partial charge is 0.409 e. The molecule has 8 nitrogen and oxygen atoms in total. The fourth-order valence-corrected chi connectivity index (χ4v) is 1.66. The first-order valence-corrected chi connectivity index (χ1v) is 5.70. The van der Waals surface area contributed by atoms with Crippen LogP contribution in [0.3, 0.4) is 0 Å². The molecule has 0 aliphatic rings. The van der Waals surface area contributed by atoms with Gasteiger partial charge in [0.1, 0.15) is 5.58 Å². The highest BCUT2D eigenvalue weighted by atomic mass is 16.4. The summed E-state index contributed by atoms with van der Waals surface area (Å²) in [7, 11) is 0. The molecule has 0 spiro atoms. The highest BCUT2D eigenvalue weighted by Gasteiger charge is 2.09. The molecule has 104 valence electrons. The summed E-state index contributed by atoms with van der Waals surface area (Å²) in [4.78, 5) is 34.4. The second-order valence-electron chi connectivity index (χ2n) is 4.08. The third kappa shape index (κ3) is 2.74. The summed E-state index contributed by atoms with van der Waals surface area (Å²) in [6, 6.07) is 5.60. The first-order chi connectivity index (χ1) is 9.49. The standard InChI is InChI=1S/C12H12N4O4/c1-7(14-15-11(13)18)6-16-10(17)8-4-2-3-5-9(8)20-12(16)19/h2-5H,6H2,1H3,(H3,13,15,18)/b14-7+. The number of benzene rings is 1. The van der Waals surface area contributed by atoms with Crippen LogP contribution in [0.25, 0.3) is 11.0 Å². The lowest BCUT2D eigenvalue weighted by Crippen LogP contribution is -2.35. The topological polar surface area (TPSA) is 120 Å². The molecule has 1 heterocycles. The average Bonchev–Trinajstić information content (AvgIpc) is 2.41. The van der Waals surface area contributed by atoms with Crippen molar-refractivity contribution in [3.63, 3.8) is 0 Å². The predicted molar refractivity (Wildman–Crippen MR) is 72.6 cm³/mol. The molecule has 0 atom stereocenters. The van der Waals surface area contributed by atoms with Gasteiger partial charge in [-0.2, -0.15) is 5.10 Å². The second-order valence-corrected chi connectivity index (χ2v) is 4.08.